The zero-order chi connectivity index (χ0) is 5.70. The highest BCUT2D eigenvalue weighted by molar-refractivity contribution is 8.09. The molecule has 42 valence electrons. The van der Waals surface area contributed by atoms with Crippen LogP contribution >= 0.6 is 12.0 Å². The first-order valence-corrected chi connectivity index (χ1v) is 2.00. The third kappa shape index (κ3) is 5.70. The molecule has 0 aliphatic heterocycles. The van der Waals surface area contributed by atoms with Crippen molar-refractivity contribution in [2.75, 3.05) is 0 Å². The molecule has 0 atom stereocenters. The molecule has 0 saturated heterocycles. The van der Waals surface area contributed by atoms with Crippen LogP contribution in [0.5, 0.6) is 0 Å². The smallest absolute Gasteiger partial charge is 0.182 e. The summed E-state index contributed by atoms with van der Waals surface area (Å²) in [5, 5.41) is 16.7. The summed E-state index contributed by atoms with van der Waals surface area (Å²) in [5.41, 5.74) is 4.71. The quantitative estimate of drug-likeness (QED) is 0.158. The fraction of sp³-hybridized carbons (Fsp3) is 0. The molecule has 0 radical (unpaired) electrons. The van der Waals surface area contributed by atoms with Gasteiger partial charge in [-0.1, -0.05) is 5.04 Å². The van der Waals surface area contributed by atoms with Gasteiger partial charge in [0.05, 0.1) is 0 Å². The van der Waals surface area contributed by atoms with E-state index in [-0.39, 0.29) is 5.17 Å². The van der Waals surface area contributed by atoms with Gasteiger partial charge in [-0.3, -0.25) is 5.41 Å². The van der Waals surface area contributed by atoms with Crippen molar-refractivity contribution >= 4 is 17.2 Å². The van der Waals surface area contributed by atoms with Gasteiger partial charge in [-0.2, -0.15) is 0 Å². The van der Waals surface area contributed by atoms with Gasteiger partial charge in [0.1, 0.15) is 12.0 Å². The molecule has 0 amide bonds. The van der Waals surface area contributed by atoms with Gasteiger partial charge in [0.2, 0.25) is 0 Å². The van der Waals surface area contributed by atoms with Crippen LogP contribution in [0.3, 0.4) is 0 Å². The highest BCUT2D eigenvalue weighted by Crippen LogP contribution is 1.97. The minimum Gasteiger partial charge on any atom is -0.377 e. The average molecular weight is 124 g/mol. The van der Waals surface area contributed by atoms with Gasteiger partial charge in [-0.15, -0.1) is 4.33 Å². The fourth-order valence-electron chi connectivity index (χ4n) is 0.0519. The number of hydrogen-bond acceptors (Lipinski definition) is 5. The molecule has 0 aliphatic carbocycles. The Balaban J connectivity index is 2.82. The van der Waals surface area contributed by atoms with Gasteiger partial charge in [0, 0.05) is 0 Å². The normalized spacial score (nSPS) is 8.71. The third-order valence-corrected chi connectivity index (χ3v) is 0.463. The van der Waals surface area contributed by atoms with Crippen molar-refractivity contribution in [3.8, 4) is 0 Å². The highest BCUT2D eigenvalue weighted by Gasteiger charge is 1.87. The van der Waals surface area contributed by atoms with Gasteiger partial charge < -0.3 is 5.73 Å². The molecule has 0 rings (SSSR count). The highest BCUT2D eigenvalue weighted by atomic mass is 32.2. The van der Waals surface area contributed by atoms with Crippen LogP contribution in [0.25, 0.3) is 0 Å². The standard InChI is InChI=1S/CH4N2O3S/c2-1(3)7-6-5-4/h4H,(H3,2,3). The van der Waals surface area contributed by atoms with E-state index in [1.807, 2.05) is 0 Å². The lowest BCUT2D eigenvalue weighted by Crippen LogP contribution is -2.03. The Bertz CT molecular complexity index is 66.0. The van der Waals surface area contributed by atoms with Gasteiger partial charge >= 0.3 is 0 Å². The van der Waals surface area contributed by atoms with E-state index in [1.165, 1.54) is 0 Å². The van der Waals surface area contributed by atoms with Gasteiger partial charge in [0.15, 0.2) is 5.17 Å². The maximum Gasteiger partial charge on any atom is 0.182 e. The largest absolute Gasteiger partial charge is 0.377 e. The molecule has 5 nitrogen and oxygen atoms in total. The zero-order valence-electron chi connectivity index (χ0n) is 3.25. The predicted molar refractivity (Wildman–Crippen MR) is 24.3 cm³/mol. The average Bonchev–Trinajstić information content (AvgIpc) is 1.61. The van der Waals surface area contributed by atoms with Gasteiger partial charge in [0.25, 0.3) is 0 Å². The van der Waals surface area contributed by atoms with Crippen LogP contribution in [0, 0.1) is 5.41 Å². The Hall–Kier alpha value is -0.300. The Labute approximate surface area is 44.0 Å². The minimum atomic E-state index is -0.283. The van der Waals surface area contributed by atoms with Crippen molar-refractivity contribution in [3.05, 3.63) is 0 Å². The van der Waals surface area contributed by atoms with Crippen LogP contribution in [0.4, 0.5) is 0 Å². The number of nitrogens with two attached hydrogens (primary N) is 1. The monoisotopic (exact) mass is 124 g/mol. The Morgan fingerprint density at radius 2 is 2.43 bits per heavy atom. The van der Waals surface area contributed by atoms with E-state index in [9.17, 15) is 0 Å². The van der Waals surface area contributed by atoms with Crippen molar-refractivity contribution in [2.45, 2.75) is 0 Å². The number of nitrogens with one attached hydrogen (secondary N) is 1. The molecule has 7 heavy (non-hydrogen) atoms. The van der Waals surface area contributed by atoms with Gasteiger partial charge in [-0.25, -0.2) is 5.26 Å². The maximum atomic E-state index is 7.42. The molecule has 0 aliphatic rings. The lowest BCUT2D eigenvalue weighted by Gasteiger charge is -1.88. The first-order valence-electron chi connectivity index (χ1n) is 1.26. The maximum absolute atomic E-state index is 7.42. The second kappa shape index (κ2) is 3.88. The van der Waals surface area contributed by atoms with Crippen molar-refractivity contribution in [3.63, 3.8) is 0 Å². The summed E-state index contributed by atoms with van der Waals surface area (Å²) in [4.78, 5) is 0. The van der Waals surface area contributed by atoms with Crippen LogP contribution in [-0.2, 0) is 9.37 Å². The molecule has 0 aromatic heterocycles. The summed E-state index contributed by atoms with van der Waals surface area (Å²) < 4.78 is 3.72. The molecule has 0 unspecified atom stereocenters. The topological polar surface area (TPSA) is 88.6 Å². The van der Waals surface area contributed by atoms with Crippen LogP contribution in [0.2, 0.25) is 0 Å². The van der Waals surface area contributed by atoms with Crippen LogP contribution in [0.15, 0.2) is 0 Å². The summed E-state index contributed by atoms with van der Waals surface area (Å²) in [6.45, 7) is 0. The molecule has 0 spiro atoms. The fourth-order valence-corrected chi connectivity index (χ4v) is 0.156. The molecular formula is CH4N2O3S. The van der Waals surface area contributed by atoms with E-state index in [0.717, 1.165) is 0 Å². The van der Waals surface area contributed by atoms with E-state index >= 15 is 0 Å². The Kier molecular flexibility index (Phi) is 3.71. The Morgan fingerprint density at radius 1 is 1.86 bits per heavy atom. The Morgan fingerprint density at radius 3 is 2.57 bits per heavy atom. The summed E-state index contributed by atoms with van der Waals surface area (Å²) >= 11 is 0.420. The third-order valence-electron chi connectivity index (χ3n) is 0.154. The molecule has 0 bridgehead atoms. The van der Waals surface area contributed by atoms with E-state index < -0.39 is 0 Å². The van der Waals surface area contributed by atoms with Crippen LogP contribution in [0.1, 0.15) is 0 Å². The lowest BCUT2D eigenvalue weighted by molar-refractivity contribution is -0.431. The molecular weight excluding hydrogens is 120 g/mol. The SMILES string of the molecule is N=C(N)SOOO. The summed E-state index contributed by atoms with van der Waals surface area (Å²) in [7, 11) is 0. The number of hydrogen-bond donors (Lipinski definition) is 3. The van der Waals surface area contributed by atoms with Gasteiger partial charge in [-0.05, 0) is 0 Å². The number of amidine groups is 1. The minimum absolute atomic E-state index is 0.283. The van der Waals surface area contributed by atoms with E-state index in [4.69, 9.17) is 16.4 Å². The molecule has 0 fully saturated rings. The van der Waals surface area contributed by atoms with Crippen molar-refractivity contribution < 1.29 is 14.6 Å². The van der Waals surface area contributed by atoms with E-state index in [0.29, 0.717) is 12.0 Å². The molecule has 6 heteroatoms. The first kappa shape index (κ1) is 6.70. The second-order valence-corrected chi connectivity index (χ2v) is 1.33. The van der Waals surface area contributed by atoms with Crippen molar-refractivity contribution in [1.29, 1.82) is 5.41 Å². The van der Waals surface area contributed by atoms with Crippen molar-refractivity contribution in [1.82, 2.24) is 0 Å². The predicted octanol–water partition coefficient (Wildman–Crippen LogP) is -0.0507. The molecule has 0 aromatic carbocycles. The summed E-state index contributed by atoms with van der Waals surface area (Å²) in [5.74, 6) is 0. The second-order valence-electron chi connectivity index (χ2n) is 0.590. The van der Waals surface area contributed by atoms with Crippen LogP contribution < -0.4 is 5.73 Å². The molecule has 0 heterocycles. The van der Waals surface area contributed by atoms with Crippen molar-refractivity contribution in [2.24, 2.45) is 5.73 Å². The molecule has 4 N–H and O–H groups in total. The van der Waals surface area contributed by atoms with Crippen LogP contribution in [-0.4, -0.2) is 10.4 Å². The number of rotatable bonds is 2. The summed E-state index contributed by atoms with van der Waals surface area (Å²) in [6, 6.07) is 0. The molecule has 0 aromatic rings. The van der Waals surface area contributed by atoms with E-state index in [1.54, 1.807) is 0 Å². The molecule has 0 saturated carbocycles. The van der Waals surface area contributed by atoms with E-state index in [2.05, 4.69) is 9.37 Å². The zero-order valence-corrected chi connectivity index (χ0v) is 4.07. The summed E-state index contributed by atoms with van der Waals surface area (Å²) in [6.07, 6.45) is 0. The lowest BCUT2D eigenvalue weighted by atomic mass is 11.4. The first-order chi connectivity index (χ1) is 3.27.